The maximum Gasteiger partial charge on any atom is 0.269 e. The first-order chi connectivity index (χ1) is 14.5. The summed E-state index contributed by atoms with van der Waals surface area (Å²) in [5.41, 5.74) is 1.41. The van der Waals surface area contributed by atoms with Crippen molar-refractivity contribution < 1.29 is 14.3 Å². The zero-order valence-electron chi connectivity index (χ0n) is 17.9. The van der Waals surface area contributed by atoms with Gasteiger partial charge in [-0.05, 0) is 18.4 Å². The first kappa shape index (κ1) is 22.0. The number of carbonyl (C=O) groups excluding carboxylic acids is 1. The number of hydrogen-bond acceptors (Lipinski definition) is 6. The van der Waals surface area contributed by atoms with E-state index >= 15 is 0 Å². The number of nitrogens with zero attached hydrogens (tertiary/aromatic N) is 4. The van der Waals surface area contributed by atoms with E-state index in [1.54, 1.807) is 31.4 Å². The average Bonchev–Trinajstić information content (AvgIpc) is 2.78. The molecule has 0 unspecified atom stereocenters. The SMILES string of the molecule is COCCN(C)c1cnn([C@H]2CCCN(C(=O)[C@H](OC)c3ccccc3)C2)c(=O)c1. The Kier molecular flexibility index (Phi) is 7.59. The summed E-state index contributed by atoms with van der Waals surface area (Å²) < 4.78 is 12.1. The number of aromatic nitrogens is 2. The summed E-state index contributed by atoms with van der Waals surface area (Å²) in [5, 5.41) is 4.40. The molecule has 1 aromatic carbocycles. The number of piperidine rings is 1. The Hall–Kier alpha value is -2.71. The van der Waals surface area contributed by atoms with E-state index in [4.69, 9.17) is 9.47 Å². The van der Waals surface area contributed by atoms with Crippen molar-refractivity contribution in [1.82, 2.24) is 14.7 Å². The lowest BCUT2D eigenvalue weighted by molar-refractivity contribution is -0.144. The van der Waals surface area contributed by atoms with Crippen LogP contribution in [-0.2, 0) is 14.3 Å². The molecule has 2 aromatic rings. The van der Waals surface area contributed by atoms with Crippen LogP contribution in [0.2, 0.25) is 0 Å². The van der Waals surface area contributed by atoms with Gasteiger partial charge in [-0.25, -0.2) is 4.68 Å². The quantitative estimate of drug-likeness (QED) is 0.656. The molecule has 0 N–H and O–H groups in total. The van der Waals surface area contributed by atoms with E-state index in [0.29, 0.717) is 26.2 Å². The highest BCUT2D eigenvalue weighted by molar-refractivity contribution is 5.82. The van der Waals surface area contributed by atoms with Crippen molar-refractivity contribution in [3.63, 3.8) is 0 Å². The van der Waals surface area contributed by atoms with Gasteiger partial charge in [-0.1, -0.05) is 30.3 Å². The number of anilines is 1. The molecule has 2 atom stereocenters. The van der Waals surface area contributed by atoms with Gasteiger partial charge in [0.1, 0.15) is 0 Å². The minimum Gasteiger partial charge on any atom is -0.383 e. The van der Waals surface area contributed by atoms with Crippen LogP contribution in [0.15, 0.2) is 47.4 Å². The molecule has 1 aliphatic rings. The highest BCUT2D eigenvalue weighted by Crippen LogP contribution is 2.25. The summed E-state index contributed by atoms with van der Waals surface area (Å²) in [5.74, 6) is -0.0858. The van der Waals surface area contributed by atoms with Crippen LogP contribution >= 0.6 is 0 Å². The molecule has 0 radical (unpaired) electrons. The van der Waals surface area contributed by atoms with Gasteiger partial charge in [-0.3, -0.25) is 9.59 Å². The molecule has 0 spiro atoms. The molecule has 162 valence electrons. The van der Waals surface area contributed by atoms with Crippen LogP contribution in [0.5, 0.6) is 0 Å². The number of benzene rings is 1. The minimum atomic E-state index is -0.647. The van der Waals surface area contributed by atoms with Crippen LogP contribution in [0.4, 0.5) is 5.69 Å². The summed E-state index contributed by atoms with van der Waals surface area (Å²) in [4.78, 5) is 29.5. The molecule has 1 amide bonds. The summed E-state index contributed by atoms with van der Waals surface area (Å²) in [6.45, 7) is 2.33. The molecule has 8 heteroatoms. The van der Waals surface area contributed by atoms with E-state index in [-0.39, 0.29) is 17.5 Å². The fraction of sp³-hybridized carbons (Fsp3) is 0.500. The first-order valence-corrected chi connectivity index (χ1v) is 10.2. The van der Waals surface area contributed by atoms with E-state index in [1.165, 1.54) is 4.68 Å². The first-order valence-electron chi connectivity index (χ1n) is 10.2. The van der Waals surface area contributed by atoms with E-state index in [1.807, 2.05) is 42.3 Å². The Labute approximate surface area is 177 Å². The van der Waals surface area contributed by atoms with Gasteiger partial charge in [0.05, 0.1) is 24.5 Å². The topological polar surface area (TPSA) is 76.9 Å². The Morgan fingerprint density at radius 3 is 2.73 bits per heavy atom. The lowest BCUT2D eigenvalue weighted by Gasteiger charge is -2.35. The van der Waals surface area contributed by atoms with Crippen molar-refractivity contribution in [2.24, 2.45) is 0 Å². The highest BCUT2D eigenvalue weighted by Gasteiger charge is 2.31. The standard InChI is InChI=1S/C22H30N4O4/c1-24(12-13-29-2)19-14-20(27)26(23-15-19)18-10-7-11-25(16-18)22(28)21(30-3)17-8-5-4-6-9-17/h4-6,8-9,14-15,18,21H,7,10-13,16H2,1-3H3/t18-,21+/m0/s1. The van der Waals surface area contributed by atoms with Crippen LogP contribution in [0, 0.1) is 0 Å². The molecular weight excluding hydrogens is 384 g/mol. The van der Waals surface area contributed by atoms with Crippen molar-refractivity contribution in [2.45, 2.75) is 25.0 Å². The third kappa shape index (κ3) is 5.06. The van der Waals surface area contributed by atoms with Gasteiger partial charge in [0.2, 0.25) is 0 Å². The Bertz CT molecular complexity index is 886. The van der Waals surface area contributed by atoms with Gasteiger partial charge < -0.3 is 19.3 Å². The minimum absolute atomic E-state index is 0.0858. The van der Waals surface area contributed by atoms with E-state index in [2.05, 4.69) is 5.10 Å². The van der Waals surface area contributed by atoms with Gasteiger partial charge in [-0.2, -0.15) is 5.10 Å². The molecule has 0 saturated carbocycles. The number of hydrogen-bond donors (Lipinski definition) is 0. The van der Waals surface area contributed by atoms with Gasteiger partial charge in [0.25, 0.3) is 11.5 Å². The van der Waals surface area contributed by atoms with Gasteiger partial charge in [0.15, 0.2) is 6.10 Å². The lowest BCUT2D eigenvalue weighted by Crippen LogP contribution is -2.45. The lowest BCUT2D eigenvalue weighted by atomic mass is 10.0. The smallest absolute Gasteiger partial charge is 0.269 e. The predicted molar refractivity (Wildman–Crippen MR) is 115 cm³/mol. The molecule has 1 aromatic heterocycles. The number of amides is 1. The fourth-order valence-electron chi connectivity index (χ4n) is 3.78. The molecule has 1 saturated heterocycles. The maximum absolute atomic E-state index is 13.1. The second kappa shape index (κ2) is 10.4. The number of likely N-dealkylation sites (N-methyl/N-ethyl adjacent to an activating group) is 1. The van der Waals surface area contributed by atoms with Crippen molar-refractivity contribution in [2.75, 3.05) is 52.4 Å². The van der Waals surface area contributed by atoms with E-state index in [9.17, 15) is 9.59 Å². The van der Waals surface area contributed by atoms with Crippen molar-refractivity contribution >= 4 is 11.6 Å². The van der Waals surface area contributed by atoms with E-state index < -0.39 is 6.10 Å². The highest BCUT2D eigenvalue weighted by atomic mass is 16.5. The molecular formula is C22H30N4O4. The zero-order chi connectivity index (χ0) is 21.5. The predicted octanol–water partition coefficient (Wildman–Crippen LogP) is 1.88. The summed E-state index contributed by atoms with van der Waals surface area (Å²) in [6.07, 6.45) is 2.66. The molecule has 1 fully saturated rings. The zero-order valence-corrected chi connectivity index (χ0v) is 17.9. The second-order valence-electron chi connectivity index (χ2n) is 7.52. The maximum atomic E-state index is 13.1. The summed E-state index contributed by atoms with van der Waals surface area (Å²) in [7, 11) is 5.09. The van der Waals surface area contributed by atoms with E-state index in [0.717, 1.165) is 24.1 Å². The number of carbonyl (C=O) groups is 1. The average molecular weight is 415 g/mol. The Morgan fingerprint density at radius 2 is 2.07 bits per heavy atom. The summed E-state index contributed by atoms with van der Waals surface area (Å²) in [6, 6.07) is 10.9. The van der Waals surface area contributed by atoms with Crippen LogP contribution in [0.25, 0.3) is 0 Å². The molecule has 8 nitrogen and oxygen atoms in total. The molecule has 30 heavy (non-hydrogen) atoms. The van der Waals surface area contributed by atoms with Crippen LogP contribution < -0.4 is 10.5 Å². The molecule has 0 bridgehead atoms. The van der Waals surface area contributed by atoms with Crippen LogP contribution in [0.1, 0.15) is 30.6 Å². The fourth-order valence-corrected chi connectivity index (χ4v) is 3.78. The molecule has 1 aliphatic heterocycles. The van der Waals surface area contributed by atoms with Crippen LogP contribution in [-0.4, -0.2) is 68.1 Å². The van der Waals surface area contributed by atoms with Gasteiger partial charge in [0, 0.05) is 47.0 Å². The van der Waals surface area contributed by atoms with Crippen LogP contribution in [0.3, 0.4) is 0 Å². The van der Waals surface area contributed by atoms with Crippen molar-refractivity contribution in [1.29, 1.82) is 0 Å². The third-order valence-corrected chi connectivity index (χ3v) is 5.50. The van der Waals surface area contributed by atoms with Gasteiger partial charge >= 0.3 is 0 Å². The number of rotatable bonds is 8. The second-order valence-corrected chi connectivity index (χ2v) is 7.52. The Morgan fingerprint density at radius 1 is 1.30 bits per heavy atom. The number of methoxy groups -OCH3 is 2. The van der Waals surface area contributed by atoms with Gasteiger partial charge in [-0.15, -0.1) is 0 Å². The normalized spacial score (nSPS) is 17.6. The Balaban J connectivity index is 1.73. The molecule has 0 aliphatic carbocycles. The largest absolute Gasteiger partial charge is 0.383 e. The number of likely N-dealkylation sites (tertiary alicyclic amines) is 1. The molecule has 2 heterocycles. The third-order valence-electron chi connectivity index (χ3n) is 5.50. The van der Waals surface area contributed by atoms with Crippen molar-refractivity contribution in [3.8, 4) is 0 Å². The monoisotopic (exact) mass is 414 g/mol. The number of ether oxygens (including phenoxy) is 2. The summed E-state index contributed by atoms with van der Waals surface area (Å²) >= 11 is 0. The van der Waals surface area contributed by atoms with Crippen molar-refractivity contribution in [3.05, 3.63) is 58.5 Å². The molecule has 3 rings (SSSR count).